The molecule has 0 aromatic heterocycles. The van der Waals surface area contributed by atoms with Crippen molar-refractivity contribution in [3.8, 4) is 0 Å². The number of carboxylic acids is 1. The minimum atomic E-state index is -0.925. The Hall–Kier alpha value is -1.14. The van der Waals surface area contributed by atoms with Gasteiger partial charge in [-0.3, -0.25) is 9.80 Å². The number of aliphatic carboxylic acids is 1. The van der Waals surface area contributed by atoms with Gasteiger partial charge in [-0.05, 0) is 12.8 Å². The van der Waals surface area contributed by atoms with E-state index in [1.807, 2.05) is 5.01 Å². The third-order valence-electron chi connectivity index (χ3n) is 3.07. The van der Waals surface area contributed by atoms with Gasteiger partial charge in [0.15, 0.2) is 0 Å². The minimum absolute atomic E-state index is 0.135. The van der Waals surface area contributed by atoms with E-state index in [9.17, 15) is 9.59 Å². The Balaban J connectivity index is 2.20. The van der Waals surface area contributed by atoms with Crippen LogP contribution in [0, 0.1) is 5.92 Å². The fourth-order valence-corrected chi connectivity index (χ4v) is 2.29. The number of hydrazine groups is 1. The van der Waals surface area contributed by atoms with E-state index in [2.05, 4.69) is 0 Å². The Morgan fingerprint density at radius 3 is 2.93 bits per heavy atom. The molecule has 2 unspecified atom stereocenters. The van der Waals surface area contributed by atoms with Crippen molar-refractivity contribution in [2.24, 2.45) is 11.7 Å². The first-order chi connectivity index (χ1) is 7.15. The molecule has 0 aromatic rings. The molecule has 6 heteroatoms. The average molecular weight is 213 g/mol. The van der Waals surface area contributed by atoms with E-state index in [1.54, 1.807) is 0 Å². The summed E-state index contributed by atoms with van der Waals surface area (Å²) < 4.78 is 0. The molecule has 84 valence electrons. The minimum Gasteiger partial charge on any atom is -0.480 e. The number of amides is 1. The van der Waals surface area contributed by atoms with Crippen LogP contribution >= 0.6 is 0 Å². The zero-order valence-electron chi connectivity index (χ0n) is 8.43. The number of carboxylic acid groups (broad SMARTS) is 1. The van der Waals surface area contributed by atoms with Crippen LogP contribution in [0.5, 0.6) is 0 Å². The predicted molar refractivity (Wildman–Crippen MR) is 51.6 cm³/mol. The maximum atomic E-state index is 11.8. The molecule has 0 aliphatic carbocycles. The van der Waals surface area contributed by atoms with E-state index in [1.165, 1.54) is 5.01 Å². The summed E-state index contributed by atoms with van der Waals surface area (Å²) in [6.07, 6.45) is 1.35. The number of hydrogen-bond donors (Lipinski definition) is 2. The van der Waals surface area contributed by atoms with Crippen molar-refractivity contribution >= 4 is 11.9 Å². The summed E-state index contributed by atoms with van der Waals surface area (Å²) >= 11 is 0. The van der Waals surface area contributed by atoms with E-state index in [4.69, 9.17) is 10.8 Å². The fourth-order valence-electron chi connectivity index (χ4n) is 2.29. The molecule has 2 rings (SSSR count). The zero-order valence-corrected chi connectivity index (χ0v) is 8.43. The Bertz CT molecular complexity index is 294. The number of nitrogens with zero attached hydrogens (tertiary/aromatic N) is 2. The lowest BCUT2D eigenvalue weighted by Gasteiger charge is -2.37. The number of carbonyl (C=O) groups is 2. The molecular weight excluding hydrogens is 198 g/mol. The molecule has 2 saturated heterocycles. The topological polar surface area (TPSA) is 86.9 Å². The van der Waals surface area contributed by atoms with Crippen LogP contribution in [-0.4, -0.2) is 52.7 Å². The highest BCUT2D eigenvalue weighted by atomic mass is 16.4. The Kier molecular flexibility index (Phi) is 2.62. The second kappa shape index (κ2) is 3.79. The molecule has 2 fully saturated rings. The number of hydrogen-bond acceptors (Lipinski definition) is 4. The van der Waals surface area contributed by atoms with Gasteiger partial charge in [-0.2, -0.15) is 0 Å². The van der Waals surface area contributed by atoms with Gasteiger partial charge in [-0.25, -0.2) is 9.80 Å². The van der Waals surface area contributed by atoms with Crippen LogP contribution in [0.2, 0.25) is 0 Å². The third kappa shape index (κ3) is 1.59. The number of carbonyl (C=O) groups excluding carboxylic acids is 1. The highest BCUT2D eigenvalue weighted by molar-refractivity contribution is 5.86. The number of fused-ring (bicyclic) bond motifs is 1. The molecule has 0 aromatic carbocycles. The van der Waals surface area contributed by atoms with Gasteiger partial charge < -0.3 is 10.8 Å². The van der Waals surface area contributed by atoms with E-state index in [0.717, 1.165) is 13.0 Å². The van der Waals surface area contributed by atoms with Gasteiger partial charge in [-0.15, -0.1) is 0 Å². The molecule has 1 amide bonds. The SMILES string of the molecule is NCC1CN2CCCC(C(=O)O)N2C1=O. The molecule has 2 atom stereocenters. The van der Waals surface area contributed by atoms with Crippen LogP contribution < -0.4 is 5.73 Å². The quantitative estimate of drug-likeness (QED) is 0.606. The molecule has 0 saturated carbocycles. The van der Waals surface area contributed by atoms with Crippen LogP contribution in [0.3, 0.4) is 0 Å². The summed E-state index contributed by atoms with van der Waals surface area (Å²) in [6.45, 7) is 1.61. The summed E-state index contributed by atoms with van der Waals surface area (Å²) in [6, 6.07) is -0.692. The lowest BCUT2D eigenvalue weighted by molar-refractivity contribution is -0.165. The normalized spacial score (nSPS) is 31.8. The van der Waals surface area contributed by atoms with Crippen molar-refractivity contribution in [2.75, 3.05) is 19.6 Å². The zero-order chi connectivity index (χ0) is 11.0. The maximum Gasteiger partial charge on any atom is 0.328 e. The van der Waals surface area contributed by atoms with E-state index in [-0.39, 0.29) is 18.4 Å². The molecule has 2 aliphatic heterocycles. The van der Waals surface area contributed by atoms with E-state index in [0.29, 0.717) is 13.0 Å². The molecule has 0 bridgehead atoms. The van der Waals surface area contributed by atoms with Gasteiger partial charge >= 0.3 is 5.97 Å². The van der Waals surface area contributed by atoms with Crippen LogP contribution in [0.1, 0.15) is 12.8 Å². The molecule has 2 heterocycles. The summed E-state index contributed by atoms with van der Waals surface area (Å²) in [4.78, 5) is 22.8. The molecule has 15 heavy (non-hydrogen) atoms. The van der Waals surface area contributed by atoms with Crippen molar-refractivity contribution < 1.29 is 14.7 Å². The highest BCUT2D eigenvalue weighted by Gasteiger charge is 2.45. The summed E-state index contributed by atoms with van der Waals surface area (Å²) in [5.41, 5.74) is 5.48. The van der Waals surface area contributed by atoms with Crippen LogP contribution in [0.25, 0.3) is 0 Å². The molecular formula is C9H15N3O3. The van der Waals surface area contributed by atoms with Crippen LogP contribution in [0.4, 0.5) is 0 Å². The molecule has 2 aliphatic rings. The van der Waals surface area contributed by atoms with E-state index < -0.39 is 12.0 Å². The standard InChI is InChI=1S/C9H15N3O3/c10-4-6-5-11-3-1-2-7(9(14)15)12(11)8(6)13/h6-7H,1-5,10H2,(H,14,15). The molecule has 0 radical (unpaired) electrons. The average Bonchev–Trinajstić information content (AvgIpc) is 2.55. The van der Waals surface area contributed by atoms with Crippen molar-refractivity contribution in [1.29, 1.82) is 0 Å². The number of rotatable bonds is 2. The van der Waals surface area contributed by atoms with Gasteiger partial charge in [0.2, 0.25) is 5.91 Å². The maximum absolute atomic E-state index is 11.8. The van der Waals surface area contributed by atoms with Gasteiger partial charge in [0.1, 0.15) is 6.04 Å². The monoisotopic (exact) mass is 213 g/mol. The first-order valence-electron chi connectivity index (χ1n) is 5.16. The lowest BCUT2D eigenvalue weighted by atomic mass is 10.1. The van der Waals surface area contributed by atoms with Gasteiger partial charge in [0.25, 0.3) is 0 Å². The fraction of sp³-hybridized carbons (Fsp3) is 0.778. The molecule has 0 spiro atoms. The van der Waals surface area contributed by atoms with Gasteiger partial charge in [-0.1, -0.05) is 0 Å². The Morgan fingerprint density at radius 2 is 2.33 bits per heavy atom. The Morgan fingerprint density at radius 1 is 1.60 bits per heavy atom. The van der Waals surface area contributed by atoms with Gasteiger partial charge in [0.05, 0.1) is 5.92 Å². The Labute approximate surface area is 87.6 Å². The van der Waals surface area contributed by atoms with Crippen molar-refractivity contribution in [2.45, 2.75) is 18.9 Å². The van der Waals surface area contributed by atoms with Crippen LogP contribution in [0.15, 0.2) is 0 Å². The largest absolute Gasteiger partial charge is 0.480 e. The second-order valence-electron chi connectivity index (χ2n) is 4.02. The second-order valence-corrected chi connectivity index (χ2v) is 4.02. The third-order valence-corrected chi connectivity index (χ3v) is 3.07. The molecule has 3 N–H and O–H groups in total. The number of nitrogens with two attached hydrogens (primary N) is 1. The predicted octanol–water partition coefficient (Wildman–Crippen LogP) is -1.13. The van der Waals surface area contributed by atoms with Crippen molar-refractivity contribution in [3.63, 3.8) is 0 Å². The summed E-state index contributed by atoms with van der Waals surface area (Å²) in [5, 5.41) is 12.2. The van der Waals surface area contributed by atoms with Crippen molar-refractivity contribution in [1.82, 2.24) is 10.0 Å². The smallest absolute Gasteiger partial charge is 0.328 e. The lowest BCUT2D eigenvalue weighted by Crippen LogP contribution is -2.53. The first-order valence-corrected chi connectivity index (χ1v) is 5.16. The first kappa shape index (κ1) is 10.4. The summed E-state index contributed by atoms with van der Waals surface area (Å²) in [5.74, 6) is -1.29. The van der Waals surface area contributed by atoms with Crippen LogP contribution in [-0.2, 0) is 9.59 Å². The molecule has 6 nitrogen and oxygen atoms in total. The van der Waals surface area contributed by atoms with E-state index >= 15 is 0 Å². The highest BCUT2D eigenvalue weighted by Crippen LogP contribution is 2.27. The van der Waals surface area contributed by atoms with Crippen molar-refractivity contribution in [3.05, 3.63) is 0 Å². The summed E-state index contributed by atoms with van der Waals surface area (Å²) in [7, 11) is 0. The van der Waals surface area contributed by atoms with Gasteiger partial charge in [0, 0.05) is 19.6 Å².